The number of nitrogens with one attached hydrogen (secondary N) is 2. The van der Waals surface area contributed by atoms with Crippen LogP contribution in [0.1, 0.15) is 32.1 Å². The first-order valence-corrected chi connectivity index (χ1v) is 10.7. The predicted octanol–water partition coefficient (Wildman–Crippen LogP) is 0.201. The third-order valence-corrected chi connectivity index (χ3v) is 6.02. The molecule has 1 atom stereocenters. The Morgan fingerprint density at radius 1 is 1.15 bits per heavy atom. The quantitative estimate of drug-likeness (QED) is 0.550. The van der Waals surface area contributed by atoms with Crippen molar-refractivity contribution in [3.05, 3.63) is 30.3 Å². The molecule has 4 N–H and O–H groups in total. The van der Waals surface area contributed by atoms with Gasteiger partial charge in [-0.05, 0) is 31.4 Å². The molecular weight excluding hydrogens is 368 g/mol. The maximum atomic E-state index is 12.6. The Morgan fingerprint density at radius 2 is 1.89 bits per heavy atom. The van der Waals surface area contributed by atoms with Crippen molar-refractivity contribution < 1.29 is 18.0 Å². The van der Waals surface area contributed by atoms with Crippen LogP contribution in [0.4, 0.5) is 0 Å². The zero-order valence-electron chi connectivity index (χ0n) is 15.4. The normalized spacial score (nSPS) is 17.5. The average Bonchev–Trinajstić information content (AvgIpc) is 2.67. The van der Waals surface area contributed by atoms with E-state index in [0.29, 0.717) is 19.6 Å². The second kappa shape index (κ2) is 10.4. The molecule has 0 spiro atoms. The molecule has 1 fully saturated rings. The summed E-state index contributed by atoms with van der Waals surface area (Å²) in [4.78, 5) is 26.1. The maximum Gasteiger partial charge on any atom is 0.240 e. The number of benzene rings is 1. The van der Waals surface area contributed by atoms with Crippen LogP contribution in [0.15, 0.2) is 35.2 Å². The fourth-order valence-corrected chi connectivity index (χ4v) is 4.16. The van der Waals surface area contributed by atoms with E-state index in [4.69, 9.17) is 5.73 Å². The number of carbonyl (C=O) groups excluding carboxylic acids is 2. The first kappa shape index (κ1) is 21.3. The highest BCUT2D eigenvalue weighted by molar-refractivity contribution is 7.89. The minimum absolute atomic E-state index is 0.0405. The number of amides is 2. The van der Waals surface area contributed by atoms with Gasteiger partial charge in [-0.3, -0.25) is 9.59 Å². The van der Waals surface area contributed by atoms with E-state index in [-0.39, 0.29) is 42.1 Å². The summed E-state index contributed by atoms with van der Waals surface area (Å²) >= 11 is 0. The lowest BCUT2D eigenvalue weighted by Crippen LogP contribution is -2.50. The van der Waals surface area contributed by atoms with Crippen molar-refractivity contribution in [1.29, 1.82) is 0 Å². The summed E-state index contributed by atoms with van der Waals surface area (Å²) in [6, 6.07) is 8.00. The van der Waals surface area contributed by atoms with Crippen LogP contribution in [0.5, 0.6) is 0 Å². The van der Waals surface area contributed by atoms with Crippen molar-refractivity contribution in [2.24, 2.45) is 5.73 Å². The summed E-state index contributed by atoms with van der Waals surface area (Å²) in [7, 11) is -3.62. The van der Waals surface area contributed by atoms with Crippen molar-refractivity contribution in [3.8, 4) is 0 Å². The summed E-state index contributed by atoms with van der Waals surface area (Å²) in [6.45, 7) is 1.36. The number of hydrogen-bond acceptors (Lipinski definition) is 5. The third-order valence-electron chi connectivity index (χ3n) is 4.54. The highest BCUT2D eigenvalue weighted by atomic mass is 32.2. The number of hydrogen-bond donors (Lipinski definition) is 3. The lowest BCUT2D eigenvalue weighted by molar-refractivity contribution is -0.135. The van der Waals surface area contributed by atoms with E-state index in [1.54, 1.807) is 23.1 Å². The monoisotopic (exact) mass is 396 g/mol. The topological polar surface area (TPSA) is 122 Å². The molecule has 1 aromatic rings. The number of sulfonamides is 1. The summed E-state index contributed by atoms with van der Waals surface area (Å²) in [6.07, 6.45) is 3.09. The van der Waals surface area contributed by atoms with E-state index >= 15 is 0 Å². The first-order chi connectivity index (χ1) is 12.9. The van der Waals surface area contributed by atoms with Crippen LogP contribution in [0.25, 0.3) is 0 Å². The molecule has 27 heavy (non-hydrogen) atoms. The number of nitrogens with two attached hydrogens (primary N) is 1. The maximum absolute atomic E-state index is 12.6. The van der Waals surface area contributed by atoms with Crippen molar-refractivity contribution in [1.82, 2.24) is 14.9 Å². The van der Waals surface area contributed by atoms with Crippen LogP contribution in [0.2, 0.25) is 0 Å². The van der Waals surface area contributed by atoms with Gasteiger partial charge in [-0.1, -0.05) is 18.2 Å². The molecule has 1 aliphatic rings. The zero-order chi connectivity index (χ0) is 19.7. The molecule has 0 aromatic heterocycles. The molecule has 2 rings (SSSR count). The molecule has 1 saturated heterocycles. The fourth-order valence-electron chi connectivity index (χ4n) is 3.11. The Balaban J connectivity index is 1.84. The molecule has 1 unspecified atom stereocenters. The lowest BCUT2D eigenvalue weighted by Gasteiger charge is -2.36. The van der Waals surface area contributed by atoms with E-state index in [1.165, 1.54) is 12.1 Å². The Hall–Kier alpha value is -1.97. The van der Waals surface area contributed by atoms with Crippen LogP contribution in [-0.2, 0) is 19.6 Å². The van der Waals surface area contributed by atoms with Gasteiger partial charge in [-0.25, -0.2) is 13.1 Å². The van der Waals surface area contributed by atoms with Gasteiger partial charge >= 0.3 is 0 Å². The minimum Gasteiger partial charge on any atom is -0.354 e. The standard InChI is InChI=1S/C18H28N4O4S/c19-11-9-17(23)20-14-15-6-4-5-13-22(15)18(24)10-12-21-27(25,26)16-7-2-1-3-8-16/h1-3,7-8,15,21H,4-6,9-14,19H2,(H,20,23). The summed E-state index contributed by atoms with van der Waals surface area (Å²) in [5, 5.41) is 2.82. The first-order valence-electron chi connectivity index (χ1n) is 9.25. The Bertz CT molecular complexity index is 724. The van der Waals surface area contributed by atoms with E-state index in [2.05, 4.69) is 10.0 Å². The van der Waals surface area contributed by atoms with Crippen LogP contribution in [0, 0.1) is 0 Å². The summed E-state index contributed by atoms with van der Waals surface area (Å²) in [5.41, 5.74) is 5.36. The Labute approximate surface area is 160 Å². The highest BCUT2D eigenvalue weighted by Gasteiger charge is 2.27. The van der Waals surface area contributed by atoms with Crippen molar-refractivity contribution in [2.45, 2.75) is 43.0 Å². The molecule has 150 valence electrons. The van der Waals surface area contributed by atoms with Crippen LogP contribution in [0.3, 0.4) is 0 Å². The van der Waals surface area contributed by atoms with Crippen LogP contribution >= 0.6 is 0 Å². The smallest absolute Gasteiger partial charge is 0.240 e. The molecule has 0 radical (unpaired) electrons. The average molecular weight is 397 g/mol. The number of rotatable bonds is 9. The van der Waals surface area contributed by atoms with Gasteiger partial charge in [0, 0.05) is 45.1 Å². The van der Waals surface area contributed by atoms with Gasteiger partial charge in [-0.2, -0.15) is 0 Å². The molecule has 1 heterocycles. The Morgan fingerprint density at radius 3 is 2.59 bits per heavy atom. The Kier molecular flexibility index (Phi) is 8.21. The molecule has 0 aliphatic carbocycles. The van der Waals surface area contributed by atoms with Gasteiger partial charge in [0.25, 0.3) is 0 Å². The van der Waals surface area contributed by atoms with Gasteiger partial charge in [0.2, 0.25) is 21.8 Å². The molecule has 2 amide bonds. The van der Waals surface area contributed by atoms with Gasteiger partial charge in [0.1, 0.15) is 0 Å². The summed E-state index contributed by atoms with van der Waals surface area (Å²) < 4.78 is 26.9. The molecule has 1 aromatic carbocycles. The number of likely N-dealkylation sites (tertiary alicyclic amines) is 1. The van der Waals surface area contributed by atoms with Gasteiger partial charge in [-0.15, -0.1) is 0 Å². The second-order valence-corrected chi connectivity index (χ2v) is 8.31. The van der Waals surface area contributed by atoms with Gasteiger partial charge < -0.3 is 16.0 Å². The lowest BCUT2D eigenvalue weighted by atomic mass is 10.0. The van der Waals surface area contributed by atoms with E-state index in [1.807, 2.05) is 0 Å². The van der Waals surface area contributed by atoms with Gasteiger partial charge in [0.05, 0.1) is 4.90 Å². The zero-order valence-corrected chi connectivity index (χ0v) is 16.2. The van der Waals surface area contributed by atoms with Crippen LogP contribution in [-0.4, -0.2) is 57.4 Å². The number of nitrogens with zero attached hydrogens (tertiary/aromatic N) is 1. The minimum atomic E-state index is -3.62. The SMILES string of the molecule is NCCC(=O)NCC1CCCCN1C(=O)CCNS(=O)(=O)c1ccccc1. The molecule has 0 bridgehead atoms. The predicted molar refractivity (Wildman–Crippen MR) is 102 cm³/mol. The molecule has 0 saturated carbocycles. The second-order valence-electron chi connectivity index (χ2n) is 6.54. The van der Waals surface area contributed by atoms with E-state index < -0.39 is 10.0 Å². The molecule has 9 heteroatoms. The van der Waals surface area contributed by atoms with Crippen LogP contribution < -0.4 is 15.8 Å². The van der Waals surface area contributed by atoms with Crippen molar-refractivity contribution >= 4 is 21.8 Å². The molecule has 1 aliphatic heterocycles. The van der Waals surface area contributed by atoms with E-state index in [9.17, 15) is 18.0 Å². The third kappa shape index (κ3) is 6.60. The number of piperidine rings is 1. The fraction of sp³-hybridized carbons (Fsp3) is 0.556. The summed E-state index contributed by atoms with van der Waals surface area (Å²) in [5.74, 6) is -0.227. The van der Waals surface area contributed by atoms with Crippen molar-refractivity contribution in [2.75, 3.05) is 26.2 Å². The highest BCUT2D eigenvalue weighted by Crippen LogP contribution is 2.17. The molecule has 8 nitrogen and oxygen atoms in total. The number of carbonyl (C=O) groups is 2. The van der Waals surface area contributed by atoms with Crippen molar-refractivity contribution in [3.63, 3.8) is 0 Å². The van der Waals surface area contributed by atoms with Gasteiger partial charge in [0.15, 0.2) is 0 Å². The molecular formula is C18H28N4O4S. The van der Waals surface area contributed by atoms with E-state index in [0.717, 1.165) is 19.3 Å². The largest absolute Gasteiger partial charge is 0.354 e.